The van der Waals surface area contributed by atoms with E-state index in [9.17, 15) is 0 Å². The Morgan fingerprint density at radius 2 is 2.33 bits per heavy atom. The molecule has 76 valence electrons. The normalized spacial score (nSPS) is 20.2. The van der Waals surface area contributed by atoms with Gasteiger partial charge in [0.15, 0.2) is 5.65 Å². The number of pyridine rings is 2. The van der Waals surface area contributed by atoms with Crippen molar-refractivity contribution in [1.29, 1.82) is 0 Å². The summed E-state index contributed by atoms with van der Waals surface area (Å²) in [6.45, 7) is 2.26. The molecular weight excluding hydrogens is 184 g/mol. The number of hydrogen-bond acceptors (Lipinski definition) is 2. The van der Waals surface area contributed by atoms with E-state index in [-0.39, 0.29) is 0 Å². The molecule has 2 aromatic rings. The Balaban J connectivity index is 2.27. The summed E-state index contributed by atoms with van der Waals surface area (Å²) in [4.78, 5) is 9.00. The maximum absolute atomic E-state index is 4.69. The number of hydrogen-bond donors (Lipinski definition) is 0. The highest BCUT2D eigenvalue weighted by Gasteiger charge is 2.18. The topological polar surface area (TPSA) is 25.8 Å². The maximum Gasteiger partial charge on any atom is 0.159 e. The molecule has 0 saturated carbocycles. The number of fused-ring (bicyclic) bond motifs is 2. The Hall–Kier alpha value is -1.44. The van der Waals surface area contributed by atoms with Crippen LogP contribution in [-0.2, 0) is 6.42 Å². The fraction of sp³-hybridized carbons (Fsp3) is 0.385. The third-order valence-corrected chi connectivity index (χ3v) is 3.25. The van der Waals surface area contributed by atoms with Gasteiger partial charge in [-0.15, -0.1) is 0 Å². The van der Waals surface area contributed by atoms with Crippen LogP contribution in [0.1, 0.15) is 36.9 Å². The molecule has 0 bridgehead atoms. The molecule has 2 nitrogen and oxygen atoms in total. The first-order chi connectivity index (χ1) is 7.34. The molecular formula is C13H14N2. The second kappa shape index (κ2) is 3.30. The van der Waals surface area contributed by atoms with Crippen LogP contribution in [0.5, 0.6) is 0 Å². The van der Waals surface area contributed by atoms with Crippen molar-refractivity contribution < 1.29 is 0 Å². The van der Waals surface area contributed by atoms with Crippen LogP contribution < -0.4 is 0 Å². The quantitative estimate of drug-likeness (QED) is 0.650. The first kappa shape index (κ1) is 8.84. The minimum absolute atomic E-state index is 0.597. The average Bonchev–Trinajstić information content (AvgIpc) is 2.27. The largest absolute Gasteiger partial charge is 0.237 e. The molecule has 2 aromatic heterocycles. The molecule has 1 aliphatic rings. The first-order valence-electron chi connectivity index (χ1n) is 5.59. The fourth-order valence-corrected chi connectivity index (χ4v) is 2.43. The van der Waals surface area contributed by atoms with Crippen molar-refractivity contribution in [3.63, 3.8) is 0 Å². The van der Waals surface area contributed by atoms with Gasteiger partial charge < -0.3 is 0 Å². The number of aromatic nitrogens is 2. The first-order valence-corrected chi connectivity index (χ1v) is 5.59. The molecule has 0 aromatic carbocycles. The highest BCUT2D eigenvalue weighted by molar-refractivity contribution is 5.75. The molecule has 0 N–H and O–H groups in total. The summed E-state index contributed by atoms with van der Waals surface area (Å²) in [6.07, 6.45) is 5.55. The number of nitrogens with zero attached hydrogens (tertiary/aromatic N) is 2. The van der Waals surface area contributed by atoms with E-state index in [1.165, 1.54) is 35.9 Å². The van der Waals surface area contributed by atoms with Gasteiger partial charge in [-0.3, -0.25) is 0 Å². The monoisotopic (exact) mass is 198 g/mol. The molecule has 0 aliphatic heterocycles. The van der Waals surface area contributed by atoms with E-state index < -0.39 is 0 Å². The SMILES string of the molecule is CC1CCCc2cc3cccnc3nc21. The summed E-state index contributed by atoms with van der Waals surface area (Å²) in [5.41, 5.74) is 3.59. The van der Waals surface area contributed by atoms with Crippen LogP contribution >= 0.6 is 0 Å². The van der Waals surface area contributed by atoms with Gasteiger partial charge in [0.05, 0.1) is 0 Å². The summed E-state index contributed by atoms with van der Waals surface area (Å²) < 4.78 is 0. The predicted molar refractivity (Wildman–Crippen MR) is 60.9 cm³/mol. The molecule has 2 heteroatoms. The highest BCUT2D eigenvalue weighted by atomic mass is 14.8. The van der Waals surface area contributed by atoms with Crippen molar-refractivity contribution in [2.24, 2.45) is 0 Å². The highest BCUT2D eigenvalue weighted by Crippen LogP contribution is 2.31. The van der Waals surface area contributed by atoms with Crippen molar-refractivity contribution in [2.75, 3.05) is 0 Å². The molecule has 3 rings (SSSR count). The van der Waals surface area contributed by atoms with E-state index in [1.807, 2.05) is 12.3 Å². The Bertz CT molecular complexity index is 505. The lowest BCUT2D eigenvalue weighted by Gasteiger charge is -2.21. The zero-order valence-electron chi connectivity index (χ0n) is 8.90. The third-order valence-electron chi connectivity index (χ3n) is 3.25. The van der Waals surface area contributed by atoms with E-state index in [0.29, 0.717) is 5.92 Å². The average molecular weight is 198 g/mol. The molecule has 15 heavy (non-hydrogen) atoms. The lowest BCUT2D eigenvalue weighted by molar-refractivity contribution is 0.575. The Morgan fingerprint density at radius 3 is 3.27 bits per heavy atom. The van der Waals surface area contributed by atoms with Crippen molar-refractivity contribution >= 4 is 11.0 Å². The van der Waals surface area contributed by atoms with Gasteiger partial charge in [0.1, 0.15) is 0 Å². The second-order valence-electron chi connectivity index (χ2n) is 4.38. The molecule has 0 amide bonds. The van der Waals surface area contributed by atoms with Crippen molar-refractivity contribution in [3.05, 3.63) is 35.7 Å². The second-order valence-corrected chi connectivity index (χ2v) is 4.38. The van der Waals surface area contributed by atoms with Crippen LogP contribution in [0, 0.1) is 0 Å². The molecule has 1 atom stereocenters. The maximum atomic E-state index is 4.69. The van der Waals surface area contributed by atoms with Crippen LogP contribution in [0.25, 0.3) is 11.0 Å². The van der Waals surface area contributed by atoms with Crippen LogP contribution in [0.3, 0.4) is 0 Å². The standard InChI is InChI=1S/C13H14N2/c1-9-4-2-5-10-8-11-6-3-7-14-13(11)15-12(9)10/h3,6-9H,2,4-5H2,1H3. The Labute approximate surface area is 89.4 Å². The zero-order valence-corrected chi connectivity index (χ0v) is 8.90. The molecule has 0 spiro atoms. The number of rotatable bonds is 0. The Morgan fingerprint density at radius 1 is 1.40 bits per heavy atom. The Kier molecular flexibility index (Phi) is 1.94. The summed E-state index contributed by atoms with van der Waals surface area (Å²) in [5, 5.41) is 1.17. The van der Waals surface area contributed by atoms with Gasteiger partial charge >= 0.3 is 0 Å². The van der Waals surface area contributed by atoms with Crippen molar-refractivity contribution in [3.8, 4) is 0 Å². The van der Waals surface area contributed by atoms with Gasteiger partial charge in [-0.1, -0.05) is 6.92 Å². The summed E-state index contributed by atoms with van der Waals surface area (Å²) in [5.74, 6) is 0.597. The summed E-state index contributed by atoms with van der Waals surface area (Å²) in [7, 11) is 0. The molecule has 2 heterocycles. The van der Waals surface area contributed by atoms with Gasteiger partial charge in [-0.2, -0.15) is 0 Å². The van der Waals surface area contributed by atoms with E-state index in [2.05, 4.69) is 29.0 Å². The van der Waals surface area contributed by atoms with E-state index in [1.54, 1.807) is 0 Å². The van der Waals surface area contributed by atoms with Crippen LogP contribution in [-0.4, -0.2) is 9.97 Å². The summed E-state index contributed by atoms with van der Waals surface area (Å²) in [6, 6.07) is 6.33. The zero-order chi connectivity index (χ0) is 10.3. The van der Waals surface area contributed by atoms with Gasteiger partial charge in [0.2, 0.25) is 0 Å². The predicted octanol–water partition coefficient (Wildman–Crippen LogP) is 3.07. The van der Waals surface area contributed by atoms with Gasteiger partial charge in [-0.05, 0) is 48.9 Å². The van der Waals surface area contributed by atoms with Gasteiger partial charge in [0, 0.05) is 17.3 Å². The lowest BCUT2D eigenvalue weighted by atomic mass is 9.87. The van der Waals surface area contributed by atoms with Crippen LogP contribution in [0.4, 0.5) is 0 Å². The minimum Gasteiger partial charge on any atom is -0.237 e. The molecule has 0 fully saturated rings. The summed E-state index contributed by atoms with van der Waals surface area (Å²) >= 11 is 0. The van der Waals surface area contributed by atoms with Crippen LogP contribution in [0.15, 0.2) is 24.4 Å². The van der Waals surface area contributed by atoms with Gasteiger partial charge in [0.25, 0.3) is 0 Å². The molecule has 0 saturated heterocycles. The van der Waals surface area contributed by atoms with E-state index >= 15 is 0 Å². The van der Waals surface area contributed by atoms with Crippen LogP contribution in [0.2, 0.25) is 0 Å². The van der Waals surface area contributed by atoms with E-state index in [4.69, 9.17) is 0 Å². The molecule has 0 radical (unpaired) electrons. The lowest BCUT2D eigenvalue weighted by Crippen LogP contribution is -2.09. The van der Waals surface area contributed by atoms with Crippen molar-refractivity contribution in [2.45, 2.75) is 32.1 Å². The third kappa shape index (κ3) is 1.41. The molecule has 1 unspecified atom stereocenters. The molecule has 1 aliphatic carbocycles. The number of aryl methyl sites for hydroxylation is 1. The smallest absolute Gasteiger partial charge is 0.159 e. The van der Waals surface area contributed by atoms with Crippen molar-refractivity contribution in [1.82, 2.24) is 9.97 Å². The fourth-order valence-electron chi connectivity index (χ4n) is 2.43. The minimum atomic E-state index is 0.597. The van der Waals surface area contributed by atoms with Gasteiger partial charge in [-0.25, -0.2) is 9.97 Å². The van der Waals surface area contributed by atoms with E-state index in [0.717, 1.165) is 5.65 Å².